The zero-order valence-electron chi connectivity index (χ0n) is 14.2. The van der Waals surface area contributed by atoms with Crippen LogP contribution in [0.5, 0.6) is 11.5 Å². The minimum Gasteiger partial charge on any atom is -0.485 e. The molecule has 1 amide bonds. The van der Waals surface area contributed by atoms with Crippen LogP contribution in [-0.4, -0.2) is 37.8 Å². The molecule has 144 valence electrons. The third-order valence-electron chi connectivity index (χ3n) is 3.99. The first kappa shape index (κ1) is 18.0. The molecule has 0 bridgehead atoms. The molecule has 0 aliphatic carbocycles. The first-order chi connectivity index (χ1) is 13.4. The van der Waals surface area contributed by atoms with Crippen LogP contribution in [0.25, 0.3) is 10.8 Å². The van der Waals surface area contributed by atoms with Crippen LogP contribution in [0.2, 0.25) is 0 Å². The molecule has 10 heteroatoms. The van der Waals surface area contributed by atoms with Crippen molar-refractivity contribution in [2.75, 3.05) is 6.61 Å². The number of carbonyl (C=O) groups is 1. The summed E-state index contributed by atoms with van der Waals surface area (Å²) in [5.41, 5.74) is 2.27. The summed E-state index contributed by atoms with van der Waals surface area (Å²) in [6.45, 7) is 0.0142. The van der Waals surface area contributed by atoms with Crippen molar-refractivity contribution in [3.05, 3.63) is 54.3 Å². The second-order valence-corrected chi connectivity index (χ2v) is 7.28. The van der Waals surface area contributed by atoms with Crippen LogP contribution in [0.15, 0.2) is 63.1 Å². The van der Waals surface area contributed by atoms with Gasteiger partial charge >= 0.3 is 10.1 Å². The van der Waals surface area contributed by atoms with Gasteiger partial charge in [-0.25, -0.2) is 5.43 Å². The molecule has 1 aromatic heterocycles. The summed E-state index contributed by atoms with van der Waals surface area (Å²) in [5.74, 6) is 0.500. The highest BCUT2D eigenvalue weighted by Crippen LogP contribution is 2.35. The van der Waals surface area contributed by atoms with E-state index in [9.17, 15) is 13.2 Å². The molecule has 3 aromatic rings. The quantitative estimate of drug-likeness (QED) is 0.388. The predicted molar refractivity (Wildman–Crippen MR) is 98.1 cm³/mol. The molecule has 28 heavy (non-hydrogen) atoms. The number of hydrogen-bond donors (Lipinski definition) is 2. The van der Waals surface area contributed by atoms with Crippen LogP contribution in [0.3, 0.4) is 0 Å². The van der Waals surface area contributed by atoms with E-state index in [-0.39, 0.29) is 12.4 Å². The van der Waals surface area contributed by atoms with Gasteiger partial charge in [0.05, 0.1) is 6.21 Å². The van der Waals surface area contributed by atoms with Gasteiger partial charge in [-0.2, -0.15) is 13.5 Å². The Labute approximate surface area is 159 Å². The Morgan fingerprint density at radius 2 is 1.86 bits per heavy atom. The third-order valence-corrected chi connectivity index (χ3v) is 4.71. The molecule has 0 radical (unpaired) electrons. The predicted octanol–water partition coefficient (Wildman–Crippen LogP) is 1.97. The fourth-order valence-electron chi connectivity index (χ4n) is 2.66. The van der Waals surface area contributed by atoms with Gasteiger partial charge in [0, 0.05) is 0 Å². The number of amides is 1. The van der Waals surface area contributed by atoms with E-state index in [4.69, 9.17) is 18.4 Å². The Bertz CT molecular complexity index is 1180. The zero-order valence-corrected chi connectivity index (χ0v) is 15.0. The van der Waals surface area contributed by atoms with Gasteiger partial charge in [-0.05, 0) is 35.0 Å². The Morgan fingerprint density at radius 1 is 1.14 bits per heavy atom. The highest BCUT2D eigenvalue weighted by Gasteiger charge is 2.27. The number of hydrazone groups is 1. The normalized spacial score (nSPS) is 16.4. The van der Waals surface area contributed by atoms with Gasteiger partial charge in [0.15, 0.2) is 11.5 Å². The van der Waals surface area contributed by atoms with Crippen LogP contribution in [0.1, 0.15) is 5.76 Å². The van der Waals surface area contributed by atoms with E-state index in [1.54, 1.807) is 6.07 Å². The largest absolute Gasteiger partial charge is 0.485 e. The monoisotopic (exact) mass is 402 g/mol. The van der Waals surface area contributed by atoms with Gasteiger partial charge in [-0.15, -0.1) is 0 Å². The summed E-state index contributed by atoms with van der Waals surface area (Å²) in [7, 11) is -4.44. The third kappa shape index (κ3) is 3.68. The number of fused-ring (bicyclic) bond motifs is 2. The van der Waals surface area contributed by atoms with Gasteiger partial charge in [0.25, 0.3) is 5.91 Å². The summed E-state index contributed by atoms with van der Waals surface area (Å²) in [6, 6.07) is 13.7. The molecule has 0 saturated carbocycles. The number of nitrogens with one attached hydrogen (secondary N) is 1. The average Bonchev–Trinajstić information content (AvgIpc) is 3.15. The topological polar surface area (TPSA) is 127 Å². The Kier molecular flexibility index (Phi) is 4.49. The summed E-state index contributed by atoms with van der Waals surface area (Å²) in [6.07, 6.45) is 0.188. The molecular weight excluding hydrogens is 388 g/mol. The Hall–Kier alpha value is -3.37. The summed E-state index contributed by atoms with van der Waals surface area (Å²) in [4.78, 5) is 12.2. The maximum absolute atomic E-state index is 12.2. The minimum atomic E-state index is -4.44. The lowest BCUT2D eigenvalue weighted by molar-refractivity contribution is -0.130. The highest BCUT2D eigenvalue weighted by molar-refractivity contribution is 7.85. The molecular formula is C18H14N2O7S. The molecule has 2 heterocycles. The molecule has 0 spiro atoms. The van der Waals surface area contributed by atoms with Crippen molar-refractivity contribution in [2.45, 2.75) is 11.2 Å². The standard InChI is InChI=1S/C18H14N2O7S/c21-18(20-19-9-13-5-6-17(26-13)28(22,23)24)16-10-25-14-7-11-3-1-2-4-12(11)8-15(14)27-16/h1-9,16H,10H2,(H,20,21)(H,22,23,24)/b19-9+. The maximum Gasteiger partial charge on any atom is 0.328 e. The van der Waals surface area contributed by atoms with Crippen LogP contribution < -0.4 is 14.9 Å². The number of rotatable bonds is 4. The average molecular weight is 402 g/mol. The van der Waals surface area contributed by atoms with Crippen molar-refractivity contribution in [1.82, 2.24) is 5.43 Å². The van der Waals surface area contributed by atoms with E-state index in [0.29, 0.717) is 11.5 Å². The minimum absolute atomic E-state index is 0.0142. The van der Waals surface area contributed by atoms with E-state index in [1.165, 1.54) is 6.07 Å². The van der Waals surface area contributed by atoms with Gasteiger partial charge in [0.1, 0.15) is 12.4 Å². The molecule has 0 saturated heterocycles. The van der Waals surface area contributed by atoms with E-state index < -0.39 is 27.2 Å². The second kappa shape index (κ2) is 6.98. The van der Waals surface area contributed by atoms with E-state index in [1.807, 2.05) is 30.3 Å². The van der Waals surface area contributed by atoms with E-state index in [0.717, 1.165) is 23.1 Å². The van der Waals surface area contributed by atoms with E-state index >= 15 is 0 Å². The highest BCUT2D eigenvalue weighted by atomic mass is 32.2. The van der Waals surface area contributed by atoms with Crippen molar-refractivity contribution in [1.29, 1.82) is 0 Å². The van der Waals surface area contributed by atoms with E-state index in [2.05, 4.69) is 10.5 Å². The molecule has 1 aliphatic rings. The second-order valence-electron chi connectivity index (χ2n) is 5.93. The smallest absolute Gasteiger partial charge is 0.328 e. The Morgan fingerprint density at radius 3 is 2.54 bits per heavy atom. The van der Waals surface area contributed by atoms with Crippen molar-refractivity contribution in [3.63, 3.8) is 0 Å². The molecule has 2 N–H and O–H groups in total. The first-order valence-corrected chi connectivity index (χ1v) is 9.57. The number of ether oxygens (including phenoxy) is 2. The van der Waals surface area contributed by atoms with Crippen LogP contribution >= 0.6 is 0 Å². The first-order valence-electron chi connectivity index (χ1n) is 8.13. The number of benzene rings is 2. The lowest BCUT2D eigenvalue weighted by atomic mass is 10.1. The summed E-state index contributed by atoms with van der Waals surface area (Å²) >= 11 is 0. The van der Waals surface area contributed by atoms with Crippen LogP contribution in [-0.2, 0) is 14.9 Å². The van der Waals surface area contributed by atoms with Gasteiger partial charge < -0.3 is 13.9 Å². The van der Waals surface area contributed by atoms with Crippen LogP contribution in [0, 0.1) is 0 Å². The van der Waals surface area contributed by atoms with Gasteiger partial charge in [0.2, 0.25) is 11.2 Å². The molecule has 4 rings (SSSR count). The van der Waals surface area contributed by atoms with Gasteiger partial charge in [-0.3, -0.25) is 9.35 Å². The lowest BCUT2D eigenvalue weighted by Crippen LogP contribution is -2.42. The Balaban J connectivity index is 1.42. The molecule has 1 atom stereocenters. The number of carbonyl (C=O) groups excluding carboxylic acids is 1. The van der Waals surface area contributed by atoms with Gasteiger partial charge in [-0.1, -0.05) is 24.3 Å². The summed E-state index contributed by atoms with van der Waals surface area (Å²) < 4.78 is 46.9. The van der Waals surface area contributed by atoms with Crippen molar-refractivity contribution in [3.8, 4) is 11.5 Å². The molecule has 2 aromatic carbocycles. The maximum atomic E-state index is 12.2. The number of hydrogen-bond acceptors (Lipinski definition) is 7. The van der Waals surface area contributed by atoms with Crippen molar-refractivity contribution < 1.29 is 31.7 Å². The molecule has 1 unspecified atom stereocenters. The lowest BCUT2D eigenvalue weighted by Gasteiger charge is -2.25. The molecule has 9 nitrogen and oxygen atoms in total. The van der Waals surface area contributed by atoms with Crippen molar-refractivity contribution in [2.24, 2.45) is 5.10 Å². The summed E-state index contributed by atoms with van der Waals surface area (Å²) in [5, 5.41) is 5.03. The number of furan rings is 1. The SMILES string of the molecule is O=C(N/N=C/c1ccc(S(=O)(=O)O)o1)C1COc2cc3ccccc3cc2O1. The fourth-order valence-corrected chi connectivity index (χ4v) is 3.10. The van der Waals surface area contributed by atoms with Crippen LogP contribution in [0.4, 0.5) is 0 Å². The molecule has 1 aliphatic heterocycles. The molecule has 0 fully saturated rings. The zero-order chi connectivity index (χ0) is 19.7. The number of nitrogens with zero attached hydrogens (tertiary/aromatic N) is 1. The fraction of sp³-hybridized carbons (Fsp3) is 0.111. The van der Waals surface area contributed by atoms with Crippen molar-refractivity contribution >= 4 is 33.0 Å².